The van der Waals surface area contributed by atoms with Gasteiger partial charge in [0.2, 0.25) is 5.91 Å². The number of amides is 1. The van der Waals surface area contributed by atoms with E-state index in [0.29, 0.717) is 26.8 Å². The molecule has 0 aliphatic rings. The van der Waals surface area contributed by atoms with Crippen LogP contribution in [0.3, 0.4) is 0 Å². The van der Waals surface area contributed by atoms with Gasteiger partial charge < -0.3 is 5.32 Å². The normalized spacial score (nSPS) is 12.0. The van der Waals surface area contributed by atoms with Crippen LogP contribution in [0.25, 0.3) is 16.6 Å². The Morgan fingerprint density at radius 3 is 2.59 bits per heavy atom. The van der Waals surface area contributed by atoms with E-state index in [2.05, 4.69) is 10.3 Å². The number of fused-ring (bicyclic) bond motifs is 1. The summed E-state index contributed by atoms with van der Waals surface area (Å²) in [6, 6.07) is 18.3. The number of nitrogens with one attached hydrogen (secondary N) is 1. The summed E-state index contributed by atoms with van der Waals surface area (Å²) in [5, 5.41) is 3.15. The Morgan fingerprint density at radius 1 is 1.12 bits per heavy atom. The molecule has 1 heterocycles. The summed E-state index contributed by atoms with van der Waals surface area (Å²) in [4.78, 5) is 30.8. The number of carbonyl (C=O) groups is 1. The minimum atomic E-state index is -0.659. The largest absolute Gasteiger partial charge is 0.323 e. The molecule has 0 aliphatic heterocycles. The fraction of sp³-hybridized carbons (Fsp3) is 0.125. The predicted octanol–water partition coefficient (Wildman–Crippen LogP) is 5.61. The number of carbonyl (C=O) groups excluding carboxylic acids is 1. The first-order valence-electron chi connectivity index (χ1n) is 9.85. The highest BCUT2D eigenvalue weighted by molar-refractivity contribution is 8.00. The fourth-order valence-electron chi connectivity index (χ4n) is 3.25. The lowest BCUT2D eigenvalue weighted by Gasteiger charge is -2.18. The molecule has 1 amide bonds. The maximum Gasteiger partial charge on any atom is 0.266 e. The Balaban J connectivity index is 1.77. The number of para-hydroxylation sites is 2. The van der Waals surface area contributed by atoms with E-state index in [1.54, 1.807) is 37.3 Å². The van der Waals surface area contributed by atoms with E-state index in [1.807, 2.05) is 31.2 Å². The summed E-state index contributed by atoms with van der Waals surface area (Å²) in [5.74, 6) is -0.926. The van der Waals surface area contributed by atoms with E-state index in [4.69, 9.17) is 11.6 Å². The number of anilines is 1. The summed E-state index contributed by atoms with van der Waals surface area (Å²) in [6.45, 7) is 3.58. The van der Waals surface area contributed by atoms with E-state index in [9.17, 15) is 14.0 Å². The standard InChI is InChI=1S/C24H19ClFN3O2S/c1-14-7-3-6-10-21(14)29-23(31)17-12-11-16(25)13-20(17)28-24(29)32-15(2)22(30)27-19-9-5-4-8-18(19)26/h3-13,15H,1-2H3,(H,27,30). The van der Waals surface area contributed by atoms with Gasteiger partial charge in [0.05, 0.1) is 27.5 Å². The first-order valence-corrected chi connectivity index (χ1v) is 11.1. The van der Waals surface area contributed by atoms with E-state index >= 15 is 0 Å². The van der Waals surface area contributed by atoms with Gasteiger partial charge in [-0.3, -0.25) is 14.2 Å². The Morgan fingerprint density at radius 2 is 1.84 bits per heavy atom. The molecule has 1 aromatic heterocycles. The van der Waals surface area contributed by atoms with Gasteiger partial charge in [-0.05, 0) is 55.8 Å². The number of nitrogens with zero attached hydrogens (tertiary/aromatic N) is 2. The Bertz CT molecular complexity index is 1390. The molecule has 0 saturated carbocycles. The topological polar surface area (TPSA) is 64.0 Å². The summed E-state index contributed by atoms with van der Waals surface area (Å²) < 4.78 is 15.4. The molecule has 32 heavy (non-hydrogen) atoms. The summed E-state index contributed by atoms with van der Waals surface area (Å²) in [7, 11) is 0. The Kier molecular flexibility index (Phi) is 6.30. The van der Waals surface area contributed by atoms with Crippen LogP contribution < -0.4 is 10.9 Å². The minimum absolute atomic E-state index is 0.0968. The van der Waals surface area contributed by atoms with Gasteiger partial charge in [0.25, 0.3) is 5.56 Å². The highest BCUT2D eigenvalue weighted by Crippen LogP contribution is 2.28. The first-order chi connectivity index (χ1) is 15.3. The average molecular weight is 468 g/mol. The van der Waals surface area contributed by atoms with Crippen molar-refractivity contribution < 1.29 is 9.18 Å². The van der Waals surface area contributed by atoms with Gasteiger partial charge >= 0.3 is 0 Å². The van der Waals surface area contributed by atoms with Gasteiger partial charge in [0, 0.05) is 5.02 Å². The number of halogens is 2. The number of hydrogen-bond acceptors (Lipinski definition) is 4. The molecular formula is C24H19ClFN3O2S. The molecule has 1 atom stereocenters. The molecule has 4 rings (SSSR count). The molecule has 0 radical (unpaired) electrons. The lowest BCUT2D eigenvalue weighted by molar-refractivity contribution is -0.115. The third-order valence-electron chi connectivity index (χ3n) is 4.94. The zero-order valence-corrected chi connectivity index (χ0v) is 18.9. The smallest absolute Gasteiger partial charge is 0.266 e. The highest BCUT2D eigenvalue weighted by atomic mass is 35.5. The van der Waals surface area contributed by atoms with Crippen LogP contribution in [-0.4, -0.2) is 20.7 Å². The zero-order chi connectivity index (χ0) is 22.8. The number of benzene rings is 3. The van der Waals surface area contributed by atoms with E-state index in [0.717, 1.165) is 17.3 Å². The molecule has 1 unspecified atom stereocenters. The lowest BCUT2D eigenvalue weighted by Crippen LogP contribution is -2.26. The van der Waals surface area contributed by atoms with Crippen LogP contribution in [0, 0.1) is 12.7 Å². The Hall–Kier alpha value is -3.16. The maximum absolute atomic E-state index is 13.9. The lowest BCUT2D eigenvalue weighted by atomic mass is 10.2. The second-order valence-corrected chi connectivity index (χ2v) is 8.96. The maximum atomic E-state index is 13.9. The SMILES string of the molecule is Cc1ccccc1-n1c(SC(C)C(=O)Nc2ccccc2F)nc2cc(Cl)ccc2c1=O. The Labute approximate surface area is 193 Å². The quantitative estimate of drug-likeness (QED) is 0.306. The molecule has 0 saturated heterocycles. The van der Waals surface area contributed by atoms with Gasteiger partial charge in [-0.2, -0.15) is 0 Å². The monoisotopic (exact) mass is 467 g/mol. The highest BCUT2D eigenvalue weighted by Gasteiger charge is 2.22. The van der Waals surface area contributed by atoms with Crippen molar-refractivity contribution in [2.24, 2.45) is 0 Å². The third kappa shape index (κ3) is 4.40. The van der Waals surface area contributed by atoms with Crippen LogP contribution in [0.2, 0.25) is 5.02 Å². The second kappa shape index (κ2) is 9.14. The van der Waals surface area contributed by atoms with Crippen LogP contribution in [0.1, 0.15) is 12.5 Å². The van der Waals surface area contributed by atoms with Crippen molar-refractivity contribution >= 4 is 45.9 Å². The number of aromatic nitrogens is 2. The zero-order valence-electron chi connectivity index (χ0n) is 17.3. The molecule has 0 aliphatic carbocycles. The summed E-state index contributed by atoms with van der Waals surface area (Å²) >= 11 is 7.23. The van der Waals surface area contributed by atoms with Crippen molar-refractivity contribution in [2.45, 2.75) is 24.3 Å². The summed E-state index contributed by atoms with van der Waals surface area (Å²) in [6.07, 6.45) is 0. The van der Waals surface area contributed by atoms with Crippen molar-refractivity contribution in [3.05, 3.63) is 93.5 Å². The molecule has 162 valence electrons. The van der Waals surface area contributed by atoms with Crippen molar-refractivity contribution in [1.82, 2.24) is 9.55 Å². The van der Waals surface area contributed by atoms with Gasteiger partial charge in [-0.15, -0.1) is 0 Å². The number of hydrogen-bond donors (Lipinski definition) is 1. The van der Waals surface area contributed by atoms with Crippen LogP contribution in [-0.2, 0) is 4.79 Å². The van der Waals surface area contributed by atoms with Crippen LogP contribution in [0.5, 0.6) is 0 Å². The molecule has 3 aromatic carbocycles. The average Bonchev–Trinajstić information content (AvgIpc) is 2.76. The molecule has 4 aromatic rings. The second-order valence-electron chi connectivity index (χ2n) is 7.21. The van der Waals surface area contributed by atoms with Gasteiger partial charge in [-0.25, -0.2) is 9.37 Å². The molecule has 5 nitrogen and oxygen atoms in total. The molecular weight excluding hydrogens is 449 g/mol. The van der Waals surface area contributed by atoms with Crippen LogP contribution in [0.15, 0.2) is 76.7 Å². The summed E-state index contributed by atoms with van der Waals surface area (Å²) in [5.41, 5.74) is 1.84. The van der Waals surface area contributed by atoms with Crippen LogP contribution >= 0.6 is 23.4 Å². The molecule has 8 heteroatoms. The number of thioether (sulfide) groups is 1. The number of rotatable bonds is 5. The fourth-order valence-corrected chi connectivity index (χ4v) is 4.34. The van der Waals surface area contributed by atoms with E-state index in [1.165, 1.54) is 16.7 Å². The van der Waals surface area contributed by atoms with E-state index in [-0.39, 0.29) is 11.2 Å². The van der Waals surface area contributed by atoms with Crippen molar-refractivity contribution in [2.75, 3.05) is 5.32 Å². The third-order valence-corrected chi connectivity index (χ3v) is 6.23. The van der Waals surface area contributed by atoms with Crippen molar-refractivity contribution in [1.29, 1.82) is 0 Å². The number of aryl methyl sites for hydroxylation is 1. The van der Waals surface area contributed by atoms with Gasteiger partial charge in [0.1, 0.15) is 5.82 Å². The van der Waals surface area contributed by atoms with Crippen molar-refractivity contribution in [3.8, 4) is 5.69 Å². The van der Waals surface area contributed by atoms with Crippen LogP contribution in [0.4, 0.5) is 10.1 Å². The first kappa shape index (κ1) is 22.0. The molecule has 0 fully saturated rings. The van der Waals surface area contributed by atoms with E-state index < -0.39 is 17.0 Å². The molecule has 1 N–H and O–H groups in total. The van der Waals surface area contributed by atoms with Gasteiger partial charge in [0.15, 0.2) is 5.16 Å². The predicted molar refractivity (Wildman–Crippen MR) is 127 cm³/mol. The van der Waals surface area contributed by atoms with Gasteiger partial charge in [-0.1, -0.05) is 53.7 Å². The molecule has 0 spiro atoms. The molecule has 0 bridgehead atoms. The van der Waals surface area contributed by atoms with Crippen molar-refractivity contribution in [3.63, 3.8) is 0 Å². The minimum Gasteiger partial charge on any atom is -0.323 e.